The van der Waals surface area contributed by atoms with Crippen molar-refractivity contribution in [1.82, 2.24) is 9.88 Å². The Morgan fingerprint density at radius 2 is 1.95 bits per heavy atom. The molecule has 2 rings (SSSR count). The van der Waals surface area contributed by atoms with Crippen LogP contribution in [-0.4, -0.2) is 22.3 Å². The minimum Gasteiger partial charge on any atom is -0.333 e. The number of hydrazine groups is 1. The van der Waals surface area contributed by atoms with Gasteiger partial charge in [-0.25, -0.2) is 10.8 Å². The maximum Gasteiger partial charge on any atom is 0.272 e. The number of nitrogens with one attached hydrogen (secondary N) is 1. The summed E-state index contributed by atoms with van der Waals surface area (Å²) in [5.41, 5.74) is 3.93. The van der Waals surface area contributed by atoms with Crippen molar-refractivity contribution >= 4 is 11.7 Å². The molecular formula is C15H18N4O. The monoisotopic (exact) mass is 270 g/mol. The standard InChI is InChI=1S/C15H18N4O/c1-2-19(11-12-7-4-3-5-8-12)15(20)13-9-6-10-14(17-13)18-16/h3-10H,2,11,16H2,1H3,(H,17,18). The van der Waals surface area contributed by atoms with Crippen molar-refractivity contribution < 1.29 is 4.79 Å². The highest BCUT2D eigenvalue weighted by Crippen LogP contribution is 2.10. The molecule has 0 radical (unpaired) electrons. The number of nitrogens with zero attached hydrogens (tertiary/aromatic N) is 2. The largest absolute Gasteiger partial charge is 0.333 e. The minimum absolute atomic E-state index is 0.103. The minimum atomic E-state index is -0.103. The molecule has 0 atom stereocenters. The molecule has 0 spiro atoms. The summed E-state index contributed by atoms with van der Waals surface area (Å²) >= 11 is 0. The molecule has 1 amide bonds. The Kier molecular flexibility index (Phi) is 4.68. The molecular weight excluding hydrogens is 252 g/mol. The maximum atomic E-state index is 12.4. The van der Waals surface area contributed by atoms with Gasteiger partial charge in [0.15, 0.2) is 0 Å². The molecule has 5 heteroatoms. The first-order valence-corrected chi connectivity index (χ1v) is 6.51. The SMILES string of the molecule is CCN(Cc1ccccc1)C(=O)c1cccc(NN)n1. The molecule has 0 unspecified atom stereocenters. The Labute approximate surface area is 118 Å². The molecule has 1 aromatic heterocycles. The second-order valence-corrected chi connectivity index (χ2v) is 4.36. The third kappa shape index (κ3) is 3.33. The summed E-state index contributed by atoms with van der Waals surface area (Å²) in [6, 6.07) is 15.0. The van der Waals surface area contributed by atoms with Gasteiger partial charge in [-0.3, -0.25) is 4.79 Å². The number of carbonyl (C=O) groups excluding carboxylic acids is 1. The van der Waals surface area contributed by atoms with Gasteiger partial charge in [-0.15, -0.1) is 0 Å². The highest BCUT2D eigenvalue weighted by molar-refractivity contribution is 5.92. The van der Waals surface area contributed by atoms with E-state index in [0.717, 1.165) is 5.56 Å². The third-order valence-corrected chi connectivity index (χ3v) is 3.00. The lowest BCUT2D eigenvalue weighted by molar-refractivity contribution is 0.0747. The predicted octanol–water partition coefficient (Wildman–Crippen LogP) is 2.03. The number of aromatic nitrogens is 1. The number of carbonyl (C=O) groups is 1. The zero-order valence-corrected chi connectivity index (χ0v) is 11.4. The molecule has 1 heterocycles. The summed E-state index contributed by atoms with van der Waals surface area (Å²) in [4.78, 5) is 18.4. The summed E-state index contributed by atoms with van der Waals surface area (Å²) in [5.74, 6) is 5.69. The fourth-order valence-corrected chi connectivity index (χ4v) is 1.93. The quantitative estimate of drug-likeness (QED) is 0.644. The van der Waals surface area contributed by atoms with Crippen LogP contribution in [0.1, 0.15) is 23.0 Å². The van der Waals surface area contributed by atoms with E-state index < -0.39 is 0 Å². The number of hydrogen-bond acceptors (Lipinski definition) is 4. The van der Waals surface area contributed by atoms with Gasteiger partial charge in [-0.05, 0) is 24.6 Å². The second-order valence-electron chi connectivity index (χ2n) is 4.36. The molecule has 2 aromatic rings. The number of rotatable bonds is 5. The van der Waals surface area contributed by atoms with E-state index in [2.05, 4.69) is 10.4 Å². The van der Waals surface area contributed by atoms with Gasteiger partial charge in [0.25, 0.3) is 5.91 Å². The number of benzene rings is 1. The number of nitrogen functional groups attached to an aromatic ring is 1. The highest BCUT2D eigenvalue weighted by atomic mass is 16.2. The van der Waals surface area contributed by atoms with Crippen LogP contribution in [0.4, 0.5) is 5.82 Å². The zero-order chi connectivity index (χ0) is 14.4. The normalized spacial score (nSPS) is 10.1. The van der Waals surface area contributed by atoms with Gasteiger partial charge in [0, 0.05) is 13.1 Å². The number of amides is 1. The van der Waals surface area contributed by atoms with Crippen LogP contribution in [0.3, 0.4) is 0 Å². The van der Waals surface area contributed by atoms with Crippen molar-refractivity contribution in [2.75, 3.05) is 12.0 Å². The summed E-state index contributed by atoms with van der Waals surface area (Å²) in [6.45, 7) is 3.14. The number of nitrogens with two attached hydrogens (primary N) is 1. The first kappa shape index (κ1) is 14.0. The van der Waals surface area contributed by atoms with Gasteiger partial charge in [0.05, 0.1) is 0 Å². The van der Waals surface area contributed by atoms with E-state index in [1.165, 1.54) is 0 Å². The number of anilines is 1. The van der Waals surface area contributed by atoms with E-state index in [4.69, 9.17) is 5.84 Å². The molecule has 0 aliphatic rings. The molecule has 0 aliphatic carbocycles. The molecule has 0 saturated carbocycles. The maximum absolute atomic E-state index is 12.4. The van der Waals surface area contributed by atoms with E-state index in [1.54, 1.807) is 23.1 Å². The van der Waals surface area contributed by atoms with Crippen LogP contribution in [0.5, 0.6) is 0 Å². The molecule has 5 nitrogen and oxygen atoms in total. The fraction of sp³-hybridized carbons (Fsp3) is 0.200. The Morgan fingerprint density at radius 3 is 2.60 bits per heavy atom. The Bertz CT molecular complexity index is 571. The molecule has 1 aromatic carbocycles. The van der Waals surface area contributed by atoms with Crippen LogP contribution in [0.25, 0.3) is 0 Å². The van der Waals surface area contributed by atoms with E-state index in [9.17, 15) is 4.79 Å². The van der Waals surface area contributed by atoms with E-state index >= 15 is 0 Å². The molecule has 3 N–H and O–H groups in total. The van der Waals surface area contributed by atoms with Crippen LogP contribution in [0.15, 0.2) is 48.5 Å². The molecule has 0 fully saturated rings. The first-order valence-electron chi connectivity index (χ1n) is 6.51. The van der Waals surface area contributed by atoms with Gasteiger partial charge in [-0.1, -0.05) is 36.4 Å². The average molecular weight is 270 g/mol. The van der Waals surface area contributed by atoms with Crippen molar-refractivity contribution in [3.63, 3.8) is 0 Å². The van der Waals surface area contributed by atoms with Crippen LogP contribution < -0.4 is 11.3 Å². The van der Waals surface area contributed by atoms with E-state index in [0.29, 0.717) is 24.6 Å². The van der Waals surface area contributed by atoms with Crippen molar-refractivity contribution in [2.45, 2.75) is 13.5 Å². The second kappa shape index (κ2) is 6.68. The van der Waals surface area contributed by atoms with Crippen LogP contribution in [0.2, 0.25) is 0 Å². The summed E-state index contributed by atoms with van der Waals surface area (Å²) in [6.07, 6.45) is 0. The van der Waals surface area contributed by atoms with Crippen molar-refractivity contribution in [1.29, 1.82) is 0 Å². The summed E-state index contributed by atoms with van der Waals surface area (Å²) < 4.78 is 0. The van der Waals surface area contributed by atoms with E-state index in [1.807, 2.05) is 37.3 Å². The predicted molar refractivity (Wildman–Crippen MR) is 78.9 cm³/mol. The first-order chi connectivity index (χ1) is 9.74. The average Bonchev–Trinajstić information content (AvgIpc) is 2.53. The summed E-state index contributed by atoms with van der Waals surface area (Å²) in [5, 5.41) is 0. The smallest absolute Gasteiger partial charge is 0.272 e. The molecule has 0 aliphatic heterocycles. The van der Waals surface area contributed by atoms with Crippen LogP contribution >= 0.6 is 0 Å². The lowest BCUT2D eigenvalue weighted by atomic mass is 10.2. The van der Waals surface area contributed by atoms with Crippen LogP contribution in [0, 0.1) is 0 Å². The van der Waals surface area contributed by atoms with Gasteiger partial charge in [0.1, 0.15) is 11.5 Å². The molecule has 0 saturated heterocycles. The van der Waals surface area contributed by atoms with Crippen molar-refractivity contribution in [3.05, 3.63) is 59.8 Å². The lowest BCUT2D eigenvalue weighted by Crippen LogP contribution is -2.31. The number of hydrogen-bond donors (Lipinski definition) is 2. The summed E-state index contributed by atoms with van der Waals surface area (Å²) in [7, 11) is 0. The van der Waals surface area contributed by atoms with Crippen molar-refractivity contribution in [3.8, 4) is 0 Å². The van der Waals surface area contributed by atoms with Gasteiger partial charge >= 0.3 is 0 Å². The van der Waals surface area contributed by atoms with Crippen LogP contribution in [-0.2, 0) is 6.54 Å². The highest BCUT2D eigenvalue weighted by Gasteiger charge is 2.16. The molecule has 0 bridgehead atoms. The topological polar surface area (TPSA) is 71.2 Å². The Hall–Kier alpha value is -2.40. The lowest BCUT2D eigenvalue weighted by Gasteiger charge is -2.20. The zero-order valence-electron chi connectivity index (χ0n) is 11.4. The molecule has 104 valence electrons. The van der Waals surface area contributed by atoms with Gasteiger partial charge in [0.2, 0.25) is 0 Å². The van der Waals surface area contributed by atoms with Crippen molar-refractivity contribution in [2.24, 2.45) is 5.84 Å². The fourth-order valence-electron chi connectivity index (χ4n) is 1.93. The van der Waals surface area contributed by atoms with Gasteiger partial charge < -0.3 is 10.3 Å². The third-order valence-electron chi connectivity index (χ3n) is 3.00. The van der Waals surface area contributed by atoms with Gasteiger partial charge in [-0.2, -0.15) is 0 Å². The number of pyridine rings is 1. The van der Waals surface area contributed by atoms with E-state index in [-0.39, 0.29) is 5.91 Å². The Morgan fingerprint density at radius 1 is 1.20 bits per heavy atom. The Balaban J connectivity index is 2.16. The molecule has 20 heavy (non-hydrogen) atoms.